The third-order valence-corrected chi connectivity index (χ3v) is 5.52. The Bertz CT molecular complexity index is 955. The van der Waals surface area contributed by atoms with Crippen LogP contribution in [0.1, 0.15) is 43.0 Å². The van der Waals surface area contributed by atoms with Crippen molar-refractivity contribution in [2.24, 2.45) is 5.92 Å². The second-order valence-corrected chi connectivity index (χ2v) is 8.55. The van der Waals surface area contributed by atoms with E-state index in [9.17, 15) is 4.79 Å². The van der Waals surface area contributed by atoms with Crippen LogP contribution in [0.15, 0.2) is 53.7 Å². The Kier molecular flexibility index (Phi) is 7.04. The molecular weight excluding hydrogens is 382 g/mol. The van der Waals surface area contributed by atoms with Crippen molar-refractivity contribution in [2.75, 3.05) is 5.75 Å². The zero-order valence-corrected chi connectivity index (χ0v) is 18.1. The summed E-state index contributed by atoms with van der Waals surface area (Å²) in [6.45, 7) is 8.40. The fourth-order valence-corrected chi connectivity index (χ4v) is 3.96. The van der Waals surface area contributed by atoms with Crippen molar-refractivity contribution in [1.82, 2.24) is 25.5 Å². The smallest absolute Gasteiger partial charge is 0.230 e. The molecule has 3 aromatic rings. The van der Waals surface area contributed by atoms with Gasteiger partial charge in [0.2, 0.25) is 11.1 Å². The summed E-state index contributed by atoms with van der Waals surface area (Å²) in [5, 5.41) is 15.8. The summed E-state index contributed by atoms with van der Waals surface area (Å²) in [5.74, 6) is 0.705. The standard InChI is InChI=1S/C22H27N5OS/c1-15(2)12-19(18-8-6-5-7-9-18)23-21(28)14-29-22-24-25-26-27(22)20-11-10-16(3)13-17(20)4/h5-11,13,15,19H,12,14H2,1-4H3,(H,23,28)/t19-/m1/s1. The predicted molar refractivity (Wildman–Crippen MR) is 116 cm³/mol. The topological polar surface area (TPSA) is 72.7 Å². The molecule has 1 heterocycles. The number of nitrogens with one attached hydrogen (secondary N) is 1. The highest BCUT2D eigenvalue weighted by Gasteiger charge is 2.18. The molecule has 0 saturated heterocycles. The number of tetrazole rings is 1. The fraction of sp³-hybridized carbons (Fsp3) is 0.364. The third-order valence-electron chi connectivity index (χ3n) is 4.60. The first kappa shape index (κ1) is 21.0. The van der Waals surface area contributed by atoms with Crippen LogP contribution in [0.25, 0.3) is 5.69 Å². The highest BCUT2D eigenvalue weighted by atomic mass is 32.2. The van der Waals surface area contributed by atoms with Gasteiger partial charge in [0, 0.05) is 0 Å². The van der Waals surface area contributed by atoms with E-state index in [-0.39, 0.29) is 17.7 Å². The second-order valence-electron chi connectivity index (χ2n) is 7.61. The van der Waals surface area contributed by atoms with Gasteiger partial charge in [-0.1, -0.05) is 73.6 Å². The lowest BCUT2D eigenvalue weighted by Crippen LogP contribution is -2.31. The zero-order valence-electron chi connectivity index (χ0n) is 17.3. The number of nitrogens with zero attached hydrogens (tertiary/aromatic N) is 4. The van der Waals surface area contributed by atoms with Gasteiger partial charge in [-0.05, 0) is 53.8 Å². The normalized spacial score (nSPS) is 12.2. The lowest BCUT2D eigenvalue weighted by molar-refractivity contribution is -0.119. The van der Waals surface area contributed by atoms with Gasteiger partial charge in [0.25, 0.3) is 0 Å². The van der Waals surface area contributed by atoms with Crippen LogP contribution >= 0.6 is 11.8 Å². The Labute approximate surface area is 176 Å². The summed E-state index contributed by atoms with van der Waals surface area (Å²) >= 11 is 1.34. The molecule has 1 amide bonds. The first-order valence-corrected chi connectivity index (χ1v) is 10.8. The molecule has 0 fully saturated rings. The Hall–Kier alpha value is -2.67. The summed E-state index contributed by atoms with van der Waals surface area (Å²) in [6.07, 6.45) is 0.890. The first-order valence-electron chi connectivity index (χ1n) is 9.77. The molecule has 1 aromatic heterocycles. The van der Waals surface area contributed by atoms with Crippen molar-refractivity contribution >= 4 is 17.7 Å². The van der Waals surface area contributed by atoms with E-state index in [4.69, 9.17) is 0 Å². The van der Waals surface area contributed by atoms with Crippen molar-refractivity contribution in [2.45, 2.75) is 45.3 Å². The van der Waals surface area contributed by atoms with Crippen LogP contribution in [0.3, 0.4) is 0 Å². The van der Waals surface area contributed by atoms with Gasteiger partial charge < -0.3 is 5.32 Å². The van der Waals surface area contributed by atoms with E-state index in [0.29, 0.717) is 11.1 Å². The Morgan fingerprint density at radius 3 is 2.59 bits per heavy atom. The number of benzene rings is 2. The van der Waals surface area contributed by atoms with Gasteiger partial charge in [-0.15, -0.1) is 5.10 Å². The van der Waals surface area contributed by atoms with Crippen LogP contribution in [-0.2, 0) is 4.79 Å². The summed E-state index contributed by atoms with van der Waals surface area (Å²) in [5.41, 5.74) is 4.32. The van der Waals surface area contributed by atoms with Gasteiger partial charge in [-0.25, -0.2) is 0 Å². The molecular formula is C22H27N5OS. The molecule has 0 radical (unpaired) electrons. The summed E-state index contributed by atoms with van der Waals surface area (Å²) in [4.78, 5) is 12.7. The fourth-order valence-electron chi connectivity index (χ4n) is 3.26. The Balaban J connectivity index is 1.67. The van der Waals surface area contributed by atoms with Crippen molar-refractivity contribution in [3.63, 3.8) is 0 Å². The van der Waals surface area contributed by atoms with E-state index < -0.39 is 0 Å². The van der Waals surface area contributed by atoms with Gasteiger partial charge in [-0.2, -0.15) is 4.68 Å². The van der Waals surface area contributed by atoms with E-state index in [2.05, 4.69) is 59.8 Å². The van der Waals surface area contributed by atoms with Gasteiger partial charge in [0.1, 0.15) is 0 Å². The number of amides is 1. The van der Waals surface area contributed by atoms with Crippen molar-refractivity contribution in [3.05, 3.63) is 65.2 Å². The molecule has 0 saturated carbocycles. The number of hydrogen-bond donors (Lipinski definition) is 1. The molecule has 0 aliphatic carbocycles. The number of aryl methyl sites for hydroxylation is 2. The molecule has 1 N–H and O–H groups in total. The monoisotopic (exact) mass is 409 g/mol. The number of rotatable bonds is 8. The number of hydrogen-bond acceptors (Lipinski definition) is 5. The van der Waals surface area contributed by atoms with Gasteiger partial charge >= 0.3 is 0 Å². The number of carbonyl (C=O) groups is 1. The molecule has 0 aliphatic rings. The molecule has 1 atom stereocenters. The predicted octanol–water partition coefficient (Wildman–Crippen LogP) is 4.27. The number of carbonyl (C=O) groups excluding carboxylic acids is 1. The third kappa shape index (κ3) is 5.67. The molecule has 0 spiro atoms. The van der Waals surface area contributed by atoms with Crippen molar-refractivity contribution < 1.29 is 4.79 Å². The molecule has 152 valence electrons. The number of aromatic nitrogens is 4. The van der Waals surface area contributed by atoms with Crippen LogP contribution in [0.4, 0.5) is 0 Å². The van der Waals surface area contributed by atoms with E-state index in [1.165, 1.54) is 17.3 Å². The minimum absolute atomic E-state index is 0.000335. The van der Waals surface area contributed by atoms with Crippen LogP contribution in [-0.4, -0.2) is 31.9 Å². The van der Waals surface area contributed by atoms with Crippen molar-refractivity contribution in [1.29, 1.82) is 0 Å². The van der Waals surface area contributed by atoms with Crippen LogP contribution < -0.4 is 5.32 Å². The molecule has 7 heteroatoms. The van der Waals surface area contributed by atoms with Gasteiger partial charge in [-0.3, -0.25) is 4.79 Å². The Morgan fingerprint density at radius 2 is 1.90 bits per heavy atom. The molecule has 0 unspecified atom stereocenters. The van der Waals surface area contributed by atoms with Gasteiger partial charge in [0.15, 0.2) is 0 Å². The summed E-state index contributed by atoms with van der Waals surface area (Å²) in [6, 6.07) is 16.2. The molecule has 6 nitrogen and oxygen atoms in total. The lowest BCUT2D eigenvalue weighted by Gasteiger charge is -2.21. The number of thioether (sulfide) groups is 1. The van der Waals surface area contributed by atoms with Crippen LogP contribution in [0.2, 0.25) is 0 Å². The molecule has 0 aliphatic heterocycles. The SMILES string of the molecule is Cc1ccc(-n2nnnc2SCC(=O)N[C@H](CC(C)C)c2ccccc2)c(C)c1. The van der Waals surface area contributed by atoms with E-state index in [1.54, 1.807) is 4.68 Å². The average Bonchev–Trinajstić information content (AvgIpc) is 3.14. The van der Waals surface area contributed by atoms with E-state index in [0.717, 1.165) is 23.2 Å². The highest BCUT2D eigenvalue weighted by Crippen LogP contribution is 2.23. The molecule has 0 bridgehead atoms. The van der Waals surface area contributed by atoms with Crippen molar-refractivity contribution in [3.8, 4) is 5.69 Å². The Morgan fingerprint density at radius 1 is 1.14 bits per heavy atom. The van der Waals surface area contributed by atoms with E-state index >= 15 is 0 Å². The zero-order chi connectivity index (χ0) is 20.8. The highest BCUT2D eigenvalue weighted by molar-refractivity contribution is 7.99. The van der Waals surface area contributed by atoms with E-state index in [1.807, 2.05) is 37.3 Å². The molecule has 2 aromatic carbocycles. The maximum Gasteiger partial charge on any atom is 0.230 e. The molecule has 29 heavy (non-hydrogen) atoms. The minimum Gasteiger partial charge on any atom is -0.349 e. The largest absolute Gasteiger partial charge is 0.349 e. The average molecular weight is 410 g/mol. The maximum absolute atomic E-state index is 12.7. The maximum atomic E-state index is 12.7. The summed E-state index contributed by atoms with van der Waals surface area (Å²) in [7, 11) is 0. The van der Waals surface area contributed by atoms with Gasteiger partial charge in [0.05, 0.1) is 17.5 Å². The second kappa shape index (κ2) is 9.69. The van der Waals surface area contributed by atoms with Crippen LogP contribution in [0.5, 0.6) is 0 Å². The van der Waals surface area contributed by atoms with Crippen LogP contribution in [0, 0.1) is 19.8 Å². The quantitative estimate of drug-likeness (QED) is 0.562. The first-order chi connectivity index (χ1) is 13.9. The summed E-state index contributed by atoms with van der Waals surface area (Å²) < 4.78 is 1.69. The molecule has 3 rings (SSSR count). The lowest BCUT2D eigenvalue weighted by atomic mass is 9.97. The minimum atomic E-state index is -0.0281.